The summed E-state index contributed by atoms with van der Waals surface area (Å²) in [5.74, 6) is -0.0877. The summed E-state index contributed by atoms with van der Waals surface area (Å²) >= 11 is 6.00. The van der Waals surface area contributed by atoms with Crippen LogP contribution < -0.4 is 15.5 Å². The van der Waals surface area contributed by atoms with E-state index in [2.05, 4.69) is 10.6 Å². The van der Waals surface area contributed by atoms with Gasteiger partial charge in [-0.15, -0.1) is 0 Å². The second-order valence-electron chi connectivity index (χ2n) is 6.58. The van der Waals surface area contributed by atoms with E-state index in [1.807, 2.05) is 38.1 Å². The molecule has 0 spiro atoms. The Bertz CT molecular complexity index is 866. The molecule has 0 saturated heterocycles. The Hall–Kier alpha value is -2.53. The molecule has 6 heteroatoms. The van der Waals surface area contributed by atoms with E-state index in [-0.39, 0.29) is 11.8 Å². The van der Waals surface area contributed by atoms with Crippen LogP contribution >= 0.6 is 11.6 Å². The van der Waals surface area contributed by atoms with E-state index in [0.29, 0.717) is 17.3 Å². The largest absolute Gasteiger partial charge is 0.374 e. The molecular formula is C20H22ClN3O2. The first kappa shape index (κ1) is 18.3. The number of halogens is 1. The van der Waals surface area contributed by atoms with Gasteiger partial charge in [0.1, 0.15) is 6.04 Å². The van der Waals surface area contributed by atoms with Gasteiger partial charge in [-0.3, -0.25) is 9.59 Å². The average molecular weight is 372 g/mol. The second-order valence-corrected chi connectivity index (χ2v) is 7.02. The zero-order valence-corrected chi connectivity index (χ0v) is 15.9. The molecule has 0 aromatic heterocycles. The first-order valence-corrected chi connectivity index (χ1v) is 8.97. The third-order valence-electron chi connectivity index (χ3n) is 4.59. The van der Waals surface area contributed by atoms with Crippen molar-refractivity contribution >= 4 is 40.5 Å². The molecule has 0 saturated carbocycles. The van der Waals surface area contributed by atoms with Crippen LogP contribution in [0.5, 0.6) is 0 Å². The van der Waals surface area contributed by atoms with Crippen molar-refractivity contribution in [2.75, 3.05) is 22.1 Å². The highest BCUT2D eigenvalue weighted by Gasteiger charge is 2.22. The lowest BCUT2D eigenvalue weighted by Crippen LogP contribution is -2.32. The van der Waals surface area contributed by atoms with Crippen molar-refractivity contribution in [2.24, 2.45) is 0 Å². The van der Waals surface area contributed by atoms with Gasteiger partial charge in [0.15, 0.2) is 0 Å². The third-order valence-corrected chi connectivity index (χ3v) is 4.82. The van der Waals surface area contributed by atoms with Crippen molar-refractivity contribution in [1.82, 2.24) is 0 Å². The van der Waals surface area contributed by atoms with Gasteiger partial charge in [0.2, 0.25) is 11.8 Å². The van der Waals surface area contributed by atoms with Crippen LogP contribution in [-0.4, -0.2) is 24.4 Å². The zero-order chi connectivity index (χ0) is 18.8. The van der Waals surface area contributed by atoms with E-state index < -0.39 is 6.04 Å². The molecule has 0 aliphatic carbocycles. The molecule has 1 aliphatic heterocycles. The number of aryl methyl sites for hydroxylation is 1. The van der Waals surface area contributed by atoms with Gasteiger partial charge in [-0.25, -0.2) is 0 Å². The Morgan fingerprint density at radius 3 is 2.69 bits per heavy atom. The fourth-order valence-corrected chi connectivity index (χ4v) is 3.28. The number of benzene rings is 2. The number of rotatable bonds is 4. The van der Waals surface area contributed by atoms with Crippen molar-refractivity contribution in [3.8, 4) is 0 Å². The minimum Gasteiger partial charge on any atom is -0.374 e. The lowest BCUT2D eigenvalue weighted by atomic mass is 10.1. The van der Waals surface area contributed by atoms with Crippen molar-refractivity contribution in [2.45, 2.75) is 33.2 Å². The van der Waals surface area contributed by atoms with Crippen LogP contribution in [-0.2, 0) is 16.0 Å². The maximum atomic E-state index is 12.5. The van der Waals surface area contributed by atoms with Gasteiger partial charge in [-0.2, -0.15) is 0 Å². The zero-order valence-electron chi connectivity index (χ0n) is 15.1. The van der Waals surface area contributed by atoms with Crippen LogP contribution in [0.3, 0.4) is 0 Å². The van der Waals surface area contributed by atoms with Gasteiger partial charge < -0.3 is 15.5 Å². The number of carbonyl (C=O) groups is 2. The highest BCUT2D eigenvalue weighted by molar-refractivity contribution is 6.31. The summed E-state index contributed by atoms with van der Waals surface area (Å²) in [4.78, 5) is 25.9. The number of hydrogen-bond donors (Lipinski definition) is 2. The van der Waals surface area contributed by atoms with Gasteiger partial charge in [0.25, 0.3) is 0 Å². The predicted molar refractivity (Wildman–Crippen MR) is 106 cm³/mol. The van der Waals surface area contributed by atoms with Gasteiger partial charge >= 0.3 is 0 Å². The number of nitrogens with zero attached hydrogens (tertiary/aromatic N) is 1. The van der Waals surface area contributed by atoms with Gasteiger partial charge in [-0.1, -0.05) is 17.7 Å². The average Bonchev–Trinajstić information content (AvgIpc) is 3.01. The molecule has 1 atom stereocenters. The third kappa shape index (κ3) is 3.83. The van der Waals surface area contributed by atoms with Crippen molar-refractivity contribution < 1.29 is 9.59 Å². The predicted octanol–water partition coefficient (Wildman–Crippen LogP) is 4.00. The summed E-state index contributed by atoms with van der Waals surface area (Å²) in [6, 6.07) is 10.8. The monoisotopic (exact) mass is 371 g/mol. The van der Waals surface area contributed by atoms with Crippen molar-refractivity contribution in [1.29, 1.82) is 0 Å². The van der Waals surface area contributed by atoms with Gasteiger partial charge in [-0.05, 0) is 61.7 Å². The number of carbonyl (C=O) groups excluding carboxylic acids is 2. The Labute approximate surface area is 158 Å². The molecule has 2 aromatic carbocycles. The fourth-order valence-electron chi connectivity index (χ4n) is 3.10. The van der Waals surface area contributed by atoms with E-state index in [1.54, 1.807) is 24.0 Å². The van der Waals surface area contributed by atoms with Crippen LogP contribution in [0.1, 0.15) is 25.0 Å². The molecule has 1 aliphatic rings. The summed E-state index contributed by atoms with van der Waals surface area (Å²) in [5, 5.41) is 6.71. The number of amides is 2. The topological polar surface area (TPSA) is 61.4 Å². The molecule has 0 radical (unpaired) electrons. The van der Waals surface area contributed by atoms with Gasteiger partial charge in [0.05, 0.1) is 0 Å². The smallest absolute Gasteiger partial charge is 0.246 e. The molecule has 136 valence electrons. The van der Waals surface area contributed by atoms with Gasteiger partial charge in [0, 0.05) is 35.6 Å². The van der Waals surface area contributed by atoms with Crippen molar-refractivity contribution in [3.63, 3.8) is 0 Å². The molecule has 5 nitrogen and oxygen atoms in total. The van der Waals surface area contributed by atoms with Crippen LogP contribution in [0.2, 0.25) is 5.02 Å². The maximum Gasteiger partial charge on any atom is 0.246 e. The normalized spacial score (nSPS) is 13.9. The quantitative estimate of drug-likeness (QED) is 0.854. The van der Waals surface area contributed by atoms with E-state index in [4.69, 9.17) is 11.6 Å². The van der Waals surface area contributed by atoms with E-state index in [0.717, 1.165) is 28.9 Å². The molecule has 2 aromatic rings. The highest BCUT2D eigenvalue weighted by Crippen LogP contribution is 2.30. The van der Waals surface area contributed by atoms with Crippen LogP contribution in [0, 0.1) is 6.92 Å². The van der Waals surface area contributed by atoms with Crippen molar-refractivity contribution in [3.05, 3.63) is 52.5 Å². The molecule has 2 N–H and O–H groups in total. The summed E-state index contributed by atoms with van der Waals surface area (Å²) < 4.78 is 0. The molecule has 0 bridgehead atoms. The Morgan fingerprint density at radius 1 is 1.19 bits per heavy atom. The Balaban J connectivity index is 1.68. The SMILES string of the molecule is CC(=O)N1CCc2cc(N[C@@H](C)C(=O)Nc3cc(Cl)ccc3C)ccc21. The Kier molecular flexibility index (Phi) is 5.18. The van der Waals surface area contributed by atoms with Crippen LogP contribution in [0.15, 0.2) is 36.4 Å². The molecule has 0 unspecified atom stereocenters. The first-order valence-electron chi connectivity index (χ1n) is 8.59. The molecule has 26 heavy (non-hydrogen) atoms. The summed E-state index contributed by atoms with van der Waals surface area (Å²) in [6.07, 6.45) is 0.826. The minimum absolute atomic E-state index is 0.0501. The molecule has 2 amide bonds. The number of anilines is 3. The second kappa shape index (κ2) is 7.38. The number of nitrogens with one attached hydrogen (secondary N) is 2. The molecule has 1 heterocycles. The van der Waals surface area contributed by atoms with Crippen LogP contribution in [0.25, 0.3) is 0 Å². The minimum atomic E-state index is -0.420. The lowest BCUT2D eigenvalue weighted by molar-refractivity contribution is -0.117. The fraction of sp³-hybridized carbons (Fsp3) is 0.300. The number of fused-ring (bicyclic) bond motifs is 1. The summed E-state index contributed by atoms with van der Waals surface area (Å²) in [6.45, 7) is 6.01. The molecular weight excluding hydrogens is 350 g/mol. The highest BCUT2D eigenvalue weighted by atomic mass is 35.5. The van der Waals surface area contributed by atoms with Crippen LogP contribution in [0.4, 0.5) is 17.1 Å². The summed E-state index contributed by atoms with van der Waals surface area (Å²) in [5.41, 5.74) is 4.59. The number of hydrogen-bond acceptors (Lipinski definition) is 3. The maximum absolute atomic E-state index is 12.5. The van der Waals surface area contributed by atoms with E-state index >= 15 is 0 Å². The molecule has 0 fully saturated rings. The first-order chi connectivity index (χ1) is 12.3. The Morgan fingerprint density at radius 2 is 1.96 bits per heavy atom. The summed E-state index contributed by atoms with van der Waals surface area (Å²) in [7, 11) is 0. The molecule has 3 rings (SSSR count). The standard InChI is InChI=1S/C20H22ClN3O2/c1-12-4-5-16(21)11-18(12)23-20(26)13(2)22-17-6-7-19-15(10-17)8-9-24(19)14(3)25/h4-7,10-11,13,22H,8-9H2,1-3H3,(H,23,26)/t13-/m0/s1. The van der Waals surface area contributed by atoms with E-state index in [9.17, 15) is 9.59 Å². The van der Waals surface area contributed by atoms with E-state index in [1.165, 1.54) is 0 Å². The lowest BCUT2D eigenvalue weighted by Gasteiger charge is -2.18.